The molecule has 0 saturated heterocycles. The highest BCUT2D eigenvalue weighted by atomic mass is 35.6. The van der Waals surface area contributed by atoms with Gasteiger partial charge >= 0.3 is 13.7 Å². The number of alkyl halides is 3. The highest BCUT2D eigenvalue weighted by molar-refractivity contribution is 7.54. The first kappa shape index (κ1) is 21.5. The van der Waals surface area contributed by atoms with Gasteiger partial charge in [-0.25, -0.2) is 4.79 Å². The van der Waals surface area contributed by atoms with E-state index >= 15 is 0 Å². The molecule has 0 radical (unpaired) electrons. The SMILES string of the molecule is CCOP(=O)(OCC)[C@H]1c2ccccc2C=CN1C(=O)OCC(Cl)(Cl)Cl. The third kappa shape index (κ3) is 5.16. The Hall–Kier alpha value is -0.750. The highest BCUT2D eigenvalue weighted by Crippen LogP contribution is 2.63. The molecule has 1 amide bonds. The number of hydrogen-bond acceptors (Lipinski definition) is 5. The first-order chi connectivity index (χ1) is 12.2. The van der Waals surface area contributed by atoms with E-state index in [1.165, 1.54) is 6.20 Å². The zero-order valence-corrected chi connectivity index (χ0v) is 17.4. The van der Waals surface area contributed by atoms with Crippen LogP contribution in [0.2, 0.25) is 0 Å². The summed E-state index contributed by atoms with van der Waals surface area (Å²) < 4.78 is 27.7. The average molecular weight is 443 g/mol. The van der Waals surface area contributed by atoms with Crippen molar-refractivity contribution in [2.24, 2.45) is 0 Å². The Labute approximate surface area is 167 Å². The van der Waals surface area contributed by atoms with Crippen LogP contribution >= 0.6 is 42.4 Å². The van der Waals surface area contributed by atoms with Crippen LogP contribution in [0.3, 0.4) is 0 Å². The number of carbonyl (C=O) groups excluding carboxylic acids is 1. The fourth-order valence-electron chi connectivity index (χ4n) is 2.53. The average Bonchev–Trinajstić information content (AvgIpc) is 2.58. The van der Waals surface area contributed by atoms with Crippen LogP contribution in [0, 0.1) is 0 Å². The van der Waals surface area contributed by atoms with Crippen molar-refractivity contribution in [1.29, 1.82) is 0 Å². The molecule has 0 spiro atoms. The van der Waals surface area contributed by atoms with Crippen LogP contribution in [-0.4, -0.2) is 34.6 Å². The maximum absolute atomic E-state index is 13.4. The molecule has 26 heavy (non-hydrogen) atoms. The molecule has 1 heterocycles. The Morgan fingerprint density at radius 1 is 1.19 bits per heavy atom. The van der Waals surface area contributed by atoms with Crippen LogP contribution in [0.15, 0.2) is 30.5 Å². The van der Waals surface area contributed by atoms with Gasteiger partial charge in [0.05, 0.1) is 13.2 Å². The van der Waals surface area contributed by atoms with Gasteiger partial charge < -0.3 is 13.8 Å². The minimum absolute atomic E-state index is 0.150. The van der Waals surface area contributed by atoms with Crippen molar-refractivity contribution >= 4 is 54.6 Å². The lowest BCUT2D eigenvalue weighted by Crippen LogP contribution is -2.35. The molecule has 1 aromatic carbocycles. The van der Waals surface area contributed by atoms with E-state index in [-0.39, 0.29) is 13.2 Å². The second kappa shape index (κ2) is 8.96. The second-order valence-electron chi connectivity index (χ2n) is 5.27. The fourth-order valence-corrected chi connectivity index (χ4v) is 4.82. The minimum Gasteiger partial charge on any atom is -0.445 e. The van der Waals surface area contributed by atoms with Gasteiger partial charge in [-0.15, -0.1) is 0 Å². The number of benzene rings is 1. The van der Waals surface area contributed by atoms with Crippen LogP contribution in [0.4, 0.5) is 4.79 Å². The number of rotatable bonds is 6. The summed E-state index contributed by atoms with van der Waals surface area (Å²) >= 11 is 16.9. The first-order valence-electron chi connectivity index (χ1n) is 7.89. The van der Waals surface area contributed by atoms with E-state index < -0.39 is 29.9 Å². The maximum Gasteiger partial charge on any atom is 0.415 e. The minimum atomic E-state index is -3.73. The highest BCUT2D eigenvalue weighted by Gasteiger charge is 2.45. The molecule has 0 unspecified atom stereocenters. The predicted molar refractivity (Wildman–Crippen MR) is 103 cm³/mol. The summed E-state index contributed by atoms with van der Waals surface area (Å²) in [6.07, 6.45) is 2.33. The van der Waals surface area contributed by atoms with Crippen LogP contribution < -0.4 is 0 Å². The molecule has 1 atom stereocenters. The summed E-state index contributed by atoms with van der Waals surface area (Å²) in [6.45, 7) is 3.24. The summed E-state index contributed by atoms with van der Waals surface area (Å²) in [5, 5.41) is 0. The quantitative estimate of drug-likeness (QED) is 0.415. The molecule has 0 bridgehead atoms. The predicted octanol–water partition coefficient (Wildman–Crippen LogP) is 5.74. The zero-order chi connectivity index (χ0) is 19.4. The van der Waals surface area contributed by atoms with Crippen molar-refractivity contribution in [3.8, 4) is 0 Å². The van der Waals surface area contributed by atoms with Gasteiger partial charge in [-0.3, -0.25) is 9.46 Å². The van der Waals surface area contributed by atoms with Crippen LogP contribution in [0.25, 0.3) is 6.08 Å². The lowest BCUT2D eigenvalue weighted by molar-refractivity contribution is 0.106. The third-order valence-electron chi connectivity index (χ3n) is 3.44. The number of nitrogens with zero attached hydrogens (tertiary/aromatic N) is 1. The molecule has 144 valence electrons. The molecule has 0 aromatic heterocycles. The largest absolute Gasteiger partial charge is 0.445 e. The van der Waals surface area contributed by atoms with Gasteiger partial charge in [-0.05, 0) is 31.1 Å². The molecular weight excluding hydrogens is 424 g/mol. The summed E-state index contributed by atoms with van der Waals surface area (Å²) in [6, 6.07) is 7.20. The Balaban J connectivity index is 2.43. The van der Waals surface area contributed by atoms with E-state index in [1.54, 1.807) is 32.1 Å². The molecule has 0 saturated carbocycles. The van der Waals surface area contributed by atoms with E-state index in [9.17, 15) is 9.36 Å². The summed E-state index contributed by atoms with van der Waals surface area (Å²) in [7, 11) is -3.73. The van der Waals surface area contributed by atoms with Gasteiger partial charge in [-0.2, -0.15) is 0 Å². The van der Waals surface area contributed by atoms with E-state index in [2.05, 4.69) is 0 Å². The normalized spacial score (nSPS) is 17.1. The van der Waals surface area contributed by atoms with Crippen LogP contribution in [0.1, 0.15) is 30.8 Å². The maximum atomic E-state index is 13.4. The first-order valence-corrected chi connectivity index (χ1v) is 10.6. The molecule has 1 aliphatic heterocycles. The molecule has 0 aliphatic carbocycles. The van der Waals surface area contributed by atoms with Gasteiger partial charge in [-0.1, -0.05) is 59.1 Å². The topological polar surface area (TPSA) is 65.1 Å². The Morgan fingerprint density at radius 2 is 1.81 bits per heavy atom. The number of ether oxygens (including phenoxy) is 1. The van der Waals surface area contributed by atoms with Gasteiger partial charge in [0.25, 0.3) is 0 Å². The van der Waals surface area contributed by atoms with E-state index in [0.29, 0.717) is 5.56 Å². The van der Waals surface area contributed by atoms with Crippen molar-refractivity contribution in [2.45, 2.75) is 23.4 Å². The van der Waals surface area contributed by atoms with Crippen molar-refractivity contribution < 1.29 is 23.1 Å². The van der Waals surface area contributed by atoms with Crippen molar-refractivity contribution in [2.75, 3.05) is 19.8 Å². The van der Waals surface area contributed by atoms with E-state index in [0.717, 1.165) is 10.5 Å². The molecule has 6 nitrogen and oxygen atoms in total. The summed E-state index contributed by atoms with van der Waals surface area (Å²) in [5.74, 6) is -1.01. The zero-order valence-electron chi connectivity index (χ0n) is 14.2. The fraction of sp³-hybridized carbons (Fsp3) is 0.438. The molecular formula is C16H19Cl3NO5P. The number of halogens is 3. The van der Waals surface area contributed by atoms with Gasteiger partial charge in [0.1, 0.15) is 6.61 Å². The van der Waals surface area contributed by atoms with Gasteiger partial charge in [0.15, 0.2) is 5.78 Å². The standard InChI is InChI=1S/C16H19Cl3NO5P/c1-3-24-26(22,25-4-2)14-13-8-6-5-7-12(13)9-10-20(14)15(21)23-11-16(17,18)19/h5-10,14H,3-4,11H2,1-2H3/t14-/m0/s1. The molecule has 0 N–H and O–H groups in total. The summed E-state index contributed by atoms with van der Waals surface area (Å²) in [4.78, 5) is 13.7. The Bertz CT molecular complexity index is 712. The Kier molecular flexibility index (Phi) is 7.43. The Morgan fingerprint density at radius 3 is 2.38 bits per heavy atom. The summed E-state index contributed by atoms with van der Waals surface area (Å²) in [5.41, 5.74) is 1.41. The van der Waals surface area contributed by atoms with Crippen molar-refractivity contribution in [3.05, 3.63) is 41.6 Å². The van der Waals surface area contributed by atoms with E-state index in [4.69, 9.17) is 48.6 Å². The monoisotopic (exact) mass is 441 g/mol. The lowest BCUT2D eigenvalue weighted by Gasteiger charge is -2.36. The molecule has 0 fully saturated rings. The molecule has 1 aliphatic rings. The second-order valence-corrected chi connectivity index (χ2v) is 9.87. The van der Waals surface area contributed by atoms with Gasteiger partial charge in [0, 0.05) is 6.20 Å². The number of hydrogen-bond donors (Lipinski definition) is 0. The molecule has 1 aromatic rings. The van der Waals surface area contributed by atoms with Crippen LogP contribution in [0.5, 0.6) is 0 Å². The van der Waals surface area contributed by atoms with Crippen molar-refractivity contribution in [3.63, 3.8) is 0 Å². The van der Waals surface area contributed by atoms with Crippen LogP contribution in [-0.2, 0) is 18.3 Å². The van der Waals surface area contributed by atoms with E-state index in [1.807, 2.05) is 12.1 Å². The van der Waals surface area contributed by atoms with Crippen molar-refractivity contribution in [1.82, 2.24) is 4.90 Å². The number of amides is 1. The molecule has 2 rings (SSSR count). The molecule has 10 heteroatoms. The number of fused-ring (bicyclic) bond motifs is 1. The lowest BCUT2D eigenvalue weighted by atomic mass is 10.0. The number of carbonyl (C=O) groups is 1. The van der Waals surface area contributed by atoms with Gasteiger partial charge in [0.2, 0.25) is 3.79 Å². The third-order valence-corrected chi connectivity index (χ3v) is 6.13. The smallest absolute Gasteiger partial charge is 0.415 e.